The fourth-order valence-corrected chi connectivity index (χ4v) is 3.38. The SMILES string of the molecule is COC1CN(C(=O)c2cnn(-c3ccc(Cl)cc3)c2C(F)(F)F)CCC1C. The van der Waals surface area contributed by atoms with E-state index >= 15 is 0 Å². The lowest BCUT2D eigenvalue weighted by molar-refractivity contribution is -0.143. The average molecular weight is 402 g/mol. The molecule has 1 aliphatic rings. The average Bonchev–Trinajstić information content (AvgIpc) is 3.07. The summed E-state index contributed by atoms with van der Waals surface area (Å²) in [6.45, 7) is 2.62. The highest BCUT2D eigenvalue weighted by molar-refractivity contribution is 6.30. The zero-order chi connectivity index (χ0) is 19.8. The van der Waals surface area contributed by atoms with E-state index in [2.05, 4.69) is 5.10 Å². The number of likely N-dealkylation sites (tertiary alicyclic amines) is 1. The third-order valence-electron chi connectivity index (χ3n) is 4.82. The van der Waals surface area contributed by atoms with Gasteiger partial charge >= 0.3 is 6.18 Å². The number of methoxy groups -OCH3 is 1. The first-order valence-corrected chi connectivity index (χ1v) is 8.83. The fraction of sp³-hybridized carbons (Fsp3) is 0.444. The lowest BCUT2D eigenvalue weighted by Gasteiger charge is -2.36. The van der Waals surface area contributed by atoms with Crippen molar-refractivity contribution in [2.45, 2.75) is 25.6 Å². The van der Waals surface area contributed by atoms with Gasteiger partial charge in [0, 0.05) is 25.2 Å². The molecule has 1 fully saturated rings. The van der Waals surface area contributed by atoms with Gasteiger partial charge in [-0.2, -0.15) is 18.3 Å². The first-order chi connectivity index (χ1) is 12.7. The molecule has 0 spiro atoms. The van der Waals surface area contributed by atoms with Crippen LogP contribution in [0.2, 0.25) is 5.02 Å². The normalized spacial score (nSPS) is 20.7. The minimum absolute atomic E-state index is 0.174. The van der Waals surface area contributed by atoms with Crippen LogP contribution in [0.1, 0.15) is 29.4 Å². The second-order valence-corrected chi connectivity index (χ2v) is 7.02. The lowest BCUT2D eigenvalue weighted by atomic mass is 9.95. The van der Waals surface area contributed by atoms with Crippen molar-refractivity contribution in [2.75, 3.05) is 20.2 Å². The Labute approximate surface area is 159 Å². The number of aromatic nitrogens is 2. The molecule has 2 atom stereocenters. The number of nitrogens with zero attached hydrogens (tertiary/aromatic N) is 3. The number of hydrogen-bond donors (Lipinski definition) is 0. The second kappa shape index (κ2) is 7.52. The molecule has 0 aliphatic carbocycles. The van der Waals surface area contributed by atoms with Gasteiger partial charge in [-0.1, -0.05) is 18.5 Å². The summed E-state index contributed by atoms with van der Waals surface area (Å²) in [5, 5.41) is 4.22. The van der Waals surface area contributed by atoms with Crippen LogP contribution in [0.25, 0.3) is 5.69 Å². The molecule has 1 saturated heterocycles. The molecule has 146 valence electrons. The summed E-state index contributed by atoms with van der Waals surface area (Å²) in [6.07, 6.45) is -3.31. The number of amides is 1. The standard InChI is InChI=1S/C18H19ClF3N3O2/c1-11-7-8-24(10-15(11)27-2)17(26)14-9-23-25(16(14)18(20,21)22)13-5-3-12(19)4-6-13/h3-6,9,11,15H,7-8,10H2,1-2H3. The van der Waals surface area contributed by atoms with Gasteiger partial charge in [0.2, 0.25) is 0 Å². The number of alkyl halides is 3. The van der Waals surface area contributed by atoms with Crippen molar-refractivity contribution in [1.82, 2.24) is 14.7 Å². The van der Waals surface area contributed by atoms with Crippen LogP contribution >= 0.6 is 11.6 Å². The Bertz CT molecular complexity index is 820. The Hall–Kier alpha value is -2.06. The predicted molar refractivity (Wildman–Crippen MR) is 94.1 cm³/mol. The summed E-state index contributed by atoms with van der Waals surface area (Å²) in [5.74, 6) is -0.464. The van der Waals surface area contributed by atoms with Crippen molar-refractivity contribution in [3.8, 4) is 5.69 Å². The molecule has 2 aromatic rings. The number of carbonyl (C=O) groups excluding carboxylic acids is 1. The van der Waals surface area contributed by atoms with Crippen molar-refractivity contribution in [2.24, 2.45) is 5.92 Å². The van der Waals surface area contributed by atoms with E-state index < -0.39 is 23.3 Å². The number of hydrogen-bond acceptors (Lipinski definition) is 3. The third-order valence-corrected chi connectivity index (χ3v) is 5.07. The number of ether oxygens (including phenoxy) is 1. The Morgan fingerprint density at radius 1 is 1.30 bits per heavy atom. The quantitative estimate of drug-likeness (QED) is 0.779. The number of carbonyl (C=O) groups is 1. The Balaban J connectivity index is 1.98. The first-order valence-electron chi connectivity index (χ1n) is 8.45. The van der Waals surface area contributed by atoms with Gasteiger partial charge in [-0.3, -0.25) is 4.79 Å². The molecular weight excluding hydrogens is 383 g/mol. The molecule has 9 heteroatoms. The Morgan fingerprint density at radius 3 is 2.56 bits per heavy atom. The van der Waals surface area contributed by atoms with Gasteiger partial charge in [-0.15, -0.1) is 0 Å². The van der Waals surface area contributed by atoms with Crippen LogP contribution in [-0.2, 0) is 10.9 Å². The van der Waals surface area contributed by atoms with Crippen molar-refractivity contribution in [1.29, 1.82) is 0 Å². The molecule has 1 amide bonds. The van der Waals surface area contributed by atoms with Crippen molar-refractivity contribution >= 4 is 17.5 Å². The summed E-state index contributed by atoms with van der Waals surface area (Å²) in [5.41, 5.74) is -1.39. The molecule has 1 aromatic carbocycles. The highest BCUT2D eigenvalue weighted by Crippen LogP contribution is 2.35. The van der Waals surface area contributed by atoms with Gasteiger partial charge < -0.3 is 9.64 Å². The number of halogens is 4. The van der Waals surface area contributed by atoms with Gasteiger partial charge in [0.25, 0.3) is 5.91 Å². The third kappa shape index (κ3) is 3.96. The molecule has 2 unspecified atom stereocenters. The van der Waals surface area contributed by atoms with Crippen LogP contribution < -0.4 is 0 Å². The Kier molecular flexibility index (Phi) is 5.48. The zero-order valence-corrected chi connectivity index (χ0v) is 15.6. The van der Waals surface area contributed by atoms with E-state index in [0.29, 0.717) is 18.0 Å². The maximum atomic E-state index is 13.8. The molecule has 0 radical (unpaired) electrons. The highest BCUT2D eigenvalue weighted by Gasteiger charge is 2.42. The molecule has 0 N–H and O–H groups in total. The van der Waals surface area contributed by atoms with Gasteiger partial charge in [-0.05, 0) is 36.6 Å². The van der Waals surface area contributed by atoms with E-state index in [9.17, 15) is 18.0 Å². The summed E-state index contributed by atoms with van der Waals surface area (Å²) >= 11 is 5.80. The maximum absolute atomic E-state index is 13.8. The minimum atomic E-state index is -4.75. The first kappa shape index (κ1) is 19.7. The van der Waals surface area contributed by atoms with E-state index in [0.717, 1.165) is 10.9 Å². The van der Waals surface area contributed by atoms with Gasteiger partial charge in [-0.25, -0.2) is 4.68 Å². The summed E-state index contributed by atoms with van der Waals surface area (Å²) in [7, 11) is 1.54. The Morgan fingerprint density at radius 2 is 1.96 bits per heavy atom. The minimum Gasteiger partial charge on any atom is -0.379 e. The topological polar surface area (TPSA) is 47.4 Å². The number of rotatable bonds is 3. The van der Waals surface area contributed by atoms with E-state index in [1.54, 1.807) is 0 Å². The zero-order valence-electron chi connectivity index (χ0n) is 14.8. The molecular formula is C18H19ClF3N3O2. The molecule has 5 nitrogen and oxygen atoms in total. The fourth-order valence-electron chi connectivity index (χ4n) is 3.25. The molecule has 2 heterocycles. The van der Waals surface area contributed by atoms with Crippen molar-refractivity contribution in [3.05, 3.63) is 46.7 Å². The molecule has 1 aliphatic heterocycles. The van der Waals surface area contributed by atoms with Crippen molar-refractivity contribution < 1.29 is 22.7 Å². The predicted octanol–water partition coefficient (Wildman–Crippen LogP) is 4.04. The van der Waals surface area contributed by atoms with E-state index in [1.807, 2.05) is 6.92 Å². The second-order valence-electron chi connectivity index (χ2n) is 6.58. The maximum Gasteiger partial charge on any atom is 0.434 e. The van der Waals surface area contributed by atoms with Crippen LogP contribution in [0.3, 0.4) is 0 Å². The van der Waals surface area contributed by atoms with E-state index in [1.165, 1.54) is 36.3 Å². The highest BCUT2D eigenvalue weighted by atomic mass is 35.5. The summed E-state index contributed by atoms with van der Waals surface area (Å²) in [4.78, 5) is 14.2. The van der Waals surface area contributed by atoms with Crippen LogP contribution in [-0.4, -0.2) is 46.9 Å². The smallest absolute Gasteiger partial charge is 0.379 e. The van der Waals surface area contributed by atoms with Crippen LogP contribution in [0.5, 0.6) is 0 Å². The molecule has 0 bridgehead atoms. The van der Waals surface area contributed by atoms with Crippen LogP contribution in [0.15, 0.2) is 30.5 Å². The van der Waals surface area contributed by atoms with Gasteiger partial charge in [0.1, 0.15) is 0 Å². The van der Waals surface area contributed by atoms with Gasteiger partial charge in [0.05, 0.1) is 23.6 Å². The number of piperidine rings is 1. The number of benzene rings is 1. The lowest BCUT2D eigenvalue weighted by Crippen LogP contribution is -2.47. The molecule has 1 aromatic heterocycles. The molecule has 0 saturated carbocycles. The summed E-state index contributed by atoms with van der Waals surface area (Å²) < 4.78 is 47.4. The van der Waals surface area contributed by atoms with E-state index in [4.69, 9.17) is 16.3 Å². The largest absolute Gasteiger partial charge is 0.434 e. The van der Waals surface area contributed by atoms with Crippen molar-refractivity contribution in [3.63, 3.8) is 0 Å². The van der Waals surface area contributed by atoms with Crippen LogP contribution in [0.4, 0.5) is 13.2 Å². The van der Waals surface area contributed by atoms with E-state index in [-0.39, 0.29) is 24.3 Å². The summed E-state index contributed by atoms with van der Waals surface area (Å²) in [6, 6.07) is 5.77. The molecule has 27 heavy (non-hydrogen) atoms. The van der Waals surface area contributed by atoms with Crippen LogP contribution in [0, 0.1) is 5.92 Å². The molecule has 3 rings (SSSR count). The monoisotopic (exact) mass is 401 g/mol. The van der Waals surface area contributed by atoms with Gasteiger partial charge in [0.15, 0.2) is 5.69 Å².